The van der Waals surface area contributed by atoms with Crippen molar-refractivity contribution in [3.05, 3.63) is 0 Å². The number of rotatable bonds is 8. The molecule has 0 bridgehead atoms. The fourth-order valence-electron chi connectivity index (χ4n) is 1.06. The van der Waals surface area contributed by atoms with Gasteiger partial charge in [0.2, 0.25) is 5.41 Å². The van der Waals surface area contributed by atoms with Crippen LogP contribution in [-0.4, -0.2) is 48.6 Å². The number of hydrogen-bond donors (Lipinski definition) is 2. The van der Waals surface area contributed by atoms with E-state index >= 15 is 0 Å². The summed E-state index contributed by atoms with van der Waals surface area (Å²) in [6.45, 7) is 2.16. The summed E-state index contributed by atoms with van der Waals surface area (Å²) in [5.41, 5.74) is -2.01. The lowest BCUT2D eigenvalue weighted by Gasteiger charge is -2.24. The number of aliphatic hydroxyl groups is 2. The van der Waals surface area contributed by atoms with Gasteiger partial charge in [0.1, 0.15) is 0 Å². The number of hydrogen-bond acceptors (Lipinski definition) is 6. The van der Waals surface area contributed by atoms with Crippen molar-refractivity contribution in [1.82, 2.24) is 0 Å². The average Bonchev–Trinajstić information content (AvgIpc) is 2.35. The Balaban J connectivity index is 4.75. The molecule has 0 aliphatic carbocycles. The Morgan fingerprint density at radius 3 is 1.53 bits per heavy atom. The first-order valence-corrected chi connectivity index (χ1v) is 5.65. The molecular weight excluding hydrogens is 228 g/mol. The maximum Gasteiger partial charge on any atom is 0.328 e. The first-order valence-electron chi connectivity index (χ1n) is 5.65. The molecule has 17 heavy (non-hydrogen) atoms. The molecule has 0 saturated heterocycles. The van der Waals surface area contributed by atoms with Crippen LogP contribution >= 0.6 is 0 Å². The van der Waals surface area contributed by atoms with Crippen molar-refractivity contribution in [1.29, 1.82) is 0 Å². The number of carbonyl (C=O) groups is 2. The highest BCUT2D eigenvalue weighted by molar-refractivity contribution is 6.00. The zero-order chi connectivity index (χ0) is 13.3. The molecule has 0 spiro atoms. The second-order valence-corrected chi connectivity index (χ2v) is 3.67. The molecule has 0 aromatic carbocycles. The molecule has 0 radical (unpaired) electrons. The van der Waals surface area contributed by atoms with Crippen molar-refractivity contribution >= 4 is 11.9 Å². The normalized spacial score (nSPS) is 11.1. The lowest BCUT2D eigenvalue weighted by molar-refractivity contribution is -0.179. The van der Waals surface area contributed by atoms with Gasteiger partial charge in [0.05, 0.1) is 26.4 Å². The molecule has 0 amide bonds. The average molecular weight is 248 g/mol. The van der Waals surface area contributed by atoms with Gasteiger partial charge in [-0.2, -0.15) is 0 Å². The molecule has 0 rings (SSSR count). The van der Waals surface area contributed by atoms with Crippen LogP contribution < -0.4 is 0 Å². The van der Waals surface area contributed by atoms with Crippen molar-refractivity contribution in [2.45, 2.75) is 26.7 Å². The third-order valence-electron chi connectivity index (χ3n) is 2.20. The summed E-state index contributed by atoms with van der Waals surface area (Å²) < 4.78 is 9.56. The van der Waals surface area contributed by atoms with E-state index in [4.69, 9.17) is 19.7 Å². The third-order valence-corrected chi connectivity index (χ3v) is 2.20. The minimum atomic E-state index is -2.01. The predicted molar refractivity (Wildman–Crippen MR) is 59.1 cm³/mol. The van der Waals surface area contributed by atoms with Crippen LogP contribution in [0.2, 0.25) is 0 Å². The number of carbonyl (C=O) groups excluding carboxylic acids is 2. The van der Waals surface area contributed by atoms with E-state index in [-0.39, 0.29) is 13.2 Å². The Hall–Kier alpha value is -1.14. The smallest absolute Gasteiger partial charge is 0.328 e. The van der Waals surface area contributed by atoms with E-state index in [0.29, 0.717) is 12.8 Å². The lowest BCUT2D eigenvalue weighted by Crippen LogP contribution is -2.48. The molecule has 0 saturated carbocycles. The van der Waals surface area contributed by atoms with E-state index in [1.165, 1.54) is 0 Å². The monoisotopic (exact) mass is 248 g/mol. The molecule has 6 heteroatoms. The number of ether oxygens (including phenoxy) is 2. The Bertz CT molecular complexity index is 224. The first kappa shape index (κ1) is 15.9. The van der Waals surface area contributed by atoms with Crippen LogP contribution in [0.1, 0.15) is 26.7 Å². The molecule has 0 fully saturated rings. The van der Waals surface area contributed by atoms with Crippen molar-refractivity contribution < 1.29 is 29.3 Å². The van der Waals surface area contributed by atoms with Crippen LogP contribution in [-0.2, 0) is 19.1 Å². The molecule has 0 heterocycles. The van der Waals surface area contributed by atoms with Crippen LogP contribution in [0, 0.1) is 5.41 Å². The Morgan fingerprint density at radius 1 is 0.941 bits per heavy atom. The second kappa shape index (κ2) is 8.03. The summed E-state index contributed by atoms with van der Waals surface area (Å²) in [6, 6.07) is 0. The molecule has 6 nitrogen and oxygen atoms in total. The van der Waals surface area contributed by atoms with Crippen LogP contribution in [0.25, 0.3) is 0 Å². The summed E-state index contributed by atoms with van der Waals surface area (Å²) in [4.78, 5) is 23.3. The fourth-order valence-corrected chi connectivity index (χ4v) is 1.06. The third kappa shape index (κ3) is 3.98. The standard InChI is InChI=1S/C11H20O6/c1-3-5-16-9(14)11(7-12,8-13)10(15)17-6-4-2/h12-13H,3-8H2,1-2H3. The highest BCUT2D eigenvalue weighted by Gasteiger charge is 2.48. The highest BCUT2D eigenvalue weighted by Crippen LogP contribution is 2.20. The van der Waals surface area contributed by atoms with Gasteiger partial charge in [0, 0.05) is 0 Å². The van der Waals surface area contributed by atoms with Crippen molar-refractivity contribution in [2.24, 2.45) is 5.41 Å². The van der Waals surface area contributed by atoms with Crippen LogP contribution in [0.4, 0.5) is 0 Å². The van der Waals surface area contributed by atoms with Crippen molar-refractivity contribution in [2.75, 3.05) is 26.4 Å². The minimum Gasteiger partial charge on any atom is -0.465 e. The van der Waals surface area contributed by atoms with Crippen LogP contribution in [0.5, 0.6) is 0 Å². The molecule has 0 aliphatic rings. The van der Waals surface area contributed by atoms with Gasteiger partial charge in [-0.25, -0.2) is 0 Å². The molecule has 0 atom stereocenters. The fraction of sp³-hybridized carbons (Fsp3) is 0.818. The predicted octanol–water partition coefficient (Wildman–Crippen LogP) is -0.136. The molecule has 0 aliphatic heterocycles. The summed E-state index contributed by atoms with van der Waals surface area (Å²) in [5, 5.41) is 18.3. The largest absolute Gasteiger partial charge is 0.465 e. The van der Waals surface area contributed by atoms with E-state index in [1.807, 2.05) is 0 Å². The van der Waals surface area contributed by atoms with E-state index in [0.717, 1.165) is 0 Å². The number of esters is 2. The van der Waals surface area contributed by atoms with Gasteiger partial charge in [0.15, 0.2) is 0 Å². The first-order chi connectivity index (χ1) is 8.08. The molecular formula is C11H20O6. The Kier molecular flexibility index (Phi) is 7.49. The summed E-state index contributed by atoms with van der Waals surface area (Å²) in [7, 11) is 0. The van der Waals surface area contributed by atoms with E-state index < -0.39 is 30.6 Å². The Morgan fingerprint density at radius 2 is 1.29 bits per heavy atom. The highest BCUT2D eigenvalue weighted by atomic mass is 16.6. The summed E-state index contributed by atoms with van der Waals surface area (Å²) in [5.74, 6) is -1.91. The lowest BCUT2D eigenvalue weighted by atomic mass is 9.90. The summed E-state index contributed by atoms with van der Waals surface area (Å²) in [6.07, 6.45) is 1.17. The number of aliphatic hydroxyl groups excluding tert-OH is 2. The molecule has 0 aromatic rings. The van der Waals surface area contributed by atoms with Gasteiger partial charge in [-0.05, 0) is 12.8 Å². The second-order valence-electron chi connectivity index (χ2n) is 3.67. The van der Waals surface area contributed by atoms with Gasteiger partial charge >= 0.3 is 11.9 Å². The van der Waals surface area contributed by atoms with Gasteiger partial charge < -0.3 is 19.7 Å². The zero-order valence-electron chi connectivity index (χ0n) is 10.3. The summed E-state index contributed by atoms with van der Waals surface area (Å²) >= 11 is 0. The maximum absolute atomic E-state index is 11.6. The van der Waals surface area contributed by atoms with Gasteiger partial charge in [0.25, 0.3) is 0 Å². The molecule has 100 valence electrons. The van der Waals surface area contributed by atoms with E-state index in [2.05, 4.69) is 0 Å². The van der Waals surface area contributed by atoms with Crippen molar-refractivity contribution in [3.8, 4) is 0 Å². The van der Waals surface area contributed by atoms with Gasteiger partial charge in [-0.15, -0.1) is 0 Å². The minimum absolute atomic E-state index is 0.127. The SMILES string of the molecule is CCCOC(=O)C(CO)(CO)C(=O)OCCC. The molecule has 0 aromatic heterocycles. The topological polar surface area (TPSA) is 93.1 Å². The van der Waals surface area contributed by atoms with Gasteiger partial charge in [-0.1, -0.05) is 13.8 Å². The van der Waals surface area contributed by atoms with Crippen LogP contribution in [0.3, 0.4) is 0 Å². The quantitative estimate of drug-likeness (QED) is 0.459. The van der Waals surface area contributed by atoms with E-state index in [9.17, 15) is 9.59 Å². The zero-order valence-corrected chi connectivity index (χ0v) is 10.3. The van der Waals surface area contributed by atoms with E-state index in [1.54, 1.807) is 13.8 Å². The Labute approximate surface area is 101 Å². The van der Waals surface area contributed by atoms with Crippen molar-refractivity contribution in [3.63, 3.8) is 0 Å². The molecule has 0 unspecified atom stereocenters. The van der Waals surface area contributed by atoms with Crippen LogP contribution in [0.15, 0.2) is 0 Å². The maximum atomic E-state index is 11.6. The van der Waals surface area contributed by atoms with Gasteiger partial charge in [-0.3, -0.25) is 9.59 Å². The molecule has 2 N–H and O–H groups in total.